The Morgan fingerprint density at radius 2 is 1.94 bits per heavy atom. The summed E-state index contributed by atoms with van der Waals surface area (Å²) in [5.41, 5.74) is 6.49. The Hall–Kier alpha value is -0.120. The summed E-state index contributed by atoms with van der Waals surface area (Å²) in [7, 11) is 0. The molecule has 0 aromatic carbocycles. The maximum atomic E-state index is 6.37. The summed E-state index contributed by atoms with van der Waals surface area (Å²) >= 11 is 0. The molecule has 0 amide bonds. The smallest absolute Gasteiger partial charge is 0.0280 e. The summed E-state index contributed by atoms with van der Waals surface area (Å²) in [6.45, 7) is 3.61. The normalized spacial score (nSPS) is 34.7. The first-order chi connectivity index (χ1) is 7.75. The minimum Gasteiger partial charge on any atom is -0.324 e. The van der Waals surface area contributed by atoms with Crippen molar-refractivity contribution in [3.8, 4) is 0 Å². The summed E-state index contributed by atoms with van der Waals surface area (Å²) in [4.78, 5) is 2.66. The molecule has 3 fully saturated rings. The number of rotatable bonds is 4. The van der Waals surface area contributed by atoms with Gasteiger partial charge in [-0.2, -0.15) is 0 Å². The van der Waals surface area contributed by atoms with Gasteiger partial charge in [0, 0.05) is 37.3 Å². The summed E-state index contributed by atoms with van der Waals surface area (Å²) in [6, 6.07) is 1.65. The Bertz CT molecular complexity index is 244. The van der Waals surface area contributed by atoms with Gasteiger partial charge >= 0.3 is 0 Å². The molecule has 1 saturated heterocycles. The lowest BCUT2D eigenvalue weighted by atomic mass is 9.99. The van der Waals surface area contributed by atoms with Gasteiger partial charge < -0.3 is 11.1 Å². The van der Waals surface area contributed by atoms with E-state index in [4.69, 9.17) is 5.73 Å². The van der Waals surface area contributed by atoms with Crippen molar-refractivity contribution in [2.75, 3.05) is 19.6 Å². The molecule has 0 bridgehead atoms. The Labute approximate surface area is 98.8 Å². The Morgan fingerprint density at radius 1 is 1.19 bits per heavy atom. The van der Waals surface area contributed by atoms with Crippen LogP contribution in [0.3, 0.4) is 0 Å². The molecule has 0 aromatic rings. The van der Waals surface area contributed by atoms with Gasteiger partial charge in [0.15, 0.2) is 0 Å². The number of likely N-dealkylation sites (tertiary alicyclic amines) is 1. The molecule has 1 unspecified atom stereocenters. The van der Waals surface area contributed by atoms with Gasteiger partial charge in [-0.15, -0.1) is 0 Å². The van der Waals surface area contributed by atoms with Crippen molar-refractivity contribution in [2.24, 2.45) is 5.73 Å². The standard InChI is InChI=1S/C13H25N3/c14-13(6-1-2-7-13)10-15-11-5-8-16(9-11)12-3-4-12/h11-12,15H,1-10,14H2. The maximum absolute atomic E-state index is 6.37. The molecule has 3 rings (SSSR count). The molecule has 2 aliphatic carbocycles. The largest absolute Gasteiger partial charge is 0.324 e. The highest BCUT2D eigenvalue weighted by molar-refractivity contribution is 4.95. The second kappa shape index (κ2) is 4.28. The first kappa shape index (κ1) is 11.0. The Balaban J connectivity index is 1.42. The molecule has 1 heterocycles. The van der Waals surface area contributed by atoms with Gasteiger partial charge in [0.1, 0.15) is 0 Å². The average molecular weight is 223 g/mol. The van der Waals surface area contributed by atoms with Crippen LogP contribution >= 0.6 is 0 Å². The van der Waals surface area contributed by atoms with Gasteiger partial charge in [0.05, 0.1) is 0 Å². The van der Waals surface area contributed by atoms with Crippen molar-refractivity contribution in [3.05, 3.63) is 0 Å². The molecular formula is C13H25N3. The molecule has 0 aromatic heterocycles. The molecule has 0 spiro atoms. The molecule has 92 valence electrons. The van der Waals surface area contributed by atoms with E-state index < -0.39 is 0 Å². The number of nitrogens with one attached hydrogen (secondary N) is 1. The van der Waals surface area contributed by atoms with Crippen LogP contribution in [0.1, 0.15) is 44.9 Å². The second-order valence-corrected chi connectivity index (χ2v) is 6.16. The van der Waals surface area contributed by atoms with Gasteiger partial charge in [-0.25, -0.2) is 0 Å². The Kier molecular flexibility index (Phi) is 2.94. The zero-order valence-electron chi connectivity index (χ0n) is 10.3. The summed E-state index contributed by atoms with van der Waals surface area (Å²) in [5, 5.41) is 3.71. The van der Waals surface area contributed by atoms with Crippen molar-refractivity contribution in [3.63, 3.8) is 0 Å². The predicted octanol–water partition coefficient (Wildman–Crippen LogP) is 1.08. The van der Waals surface area contributed by atoms with Crippen LogP contribution in [0.5, 0.6) is 0 Å². The monoisotopic (exact) mass is 223 g/mol. The van der Waals surface area contributed by atoms with E-state index in [1.807, 2.05) is 0 Å². The molecule has 3 heteroatoms. The van der Waals surface area contributed by atoms with Gasteiger partial charge in [-0.05, 0) is 32.1 Å². The fourth-order valence-corrected chi connectivity index (χ4v) is 3.33. The van der Waals surface area contributed by atoms with Crippen molar-refractivity contribution >= 4 is 0 Å². The van der Waals surface area contributed by atoms with E-state index in [2.05, 4.69) is 10.2 Å². The summed E-state index contributed by atoms with van der Waals surface area (Å²) < 4.78 is 0. The average Bonchev–Trinajstić information content (AvgIpc) is 2.87. The topological polar surface area (TPSA) is 41.3 Å². The molecule has 0 radical (unpaired) electrons. The highest BCUT2D eigenvalue weighted by Gasteiger charge is 2.35. The number of hydrogen-bond donors (Lipinski definition) is 2. The van der Waals surface area contributed by atoms with Crippen LogP contribution < -0.4 is 11.1 Å². The summed E-state index contributed by atoms with van der Waals surface area (Å²) in [5.74, 6) is 0. The van der Waals surface area contributed by atoms with Crippen molar-refractivity contribution < 1.29 is 0 Å². The fraction of sp³-hybridized carbons (Fsp3) is 1.00. The Morgan fingerprint density at radius 3 is 2.62 bits per heavy atom. The SMILES string of the molecule is NC1(CNC2CCN(C3CC3)C2)CCCC1. The van der Waals surface area contributed by atoms with Crippen LogP contribution in [-0.2, 0) is 0 Å². The van der Waals surface area contributed by atoms with E-state index in [1.165, 1.54) is 58.0 Å². The lowest BCUT2D eigenvalue weighted by Gasteiger charge is -2.26. The third-order valence-corrected chi connectivity index (χ3v) is 4.63. The van der Waals surface area contributed by atoms with E-state index in [-0.39, 0.29) is 5.54 Å². The minimum absolute atomic E-state index is 0.118. The molecule has 1 atom stereocenters. The van der Waals surface area contributed by atoms with Crippen LogP contribution in [0, 0.1) is 0 Å². The minimum atomic E-state index is 0.118. The number of hydrogen-bond acceptors (Lipinski definition) is 3. The highest BCUT2D eigenvalue weighted by atomic mass is 15.2. The zero-order valence-corrected chi connectivity index (χ0v) is 10.3. The third-order valence-electron chi connectivity index (χ3n) is 4.63. The van der Waals surface area contributed by atoms with Gasteiger partial charge in [0.2, 0.25) is 0 Å². The molecular weight excluding hydrogens is 198 g/mol. The van der Waals surface area contributed by atoms with E-state index in [0.29, 0.717) is 6.04 Å². The fourth-order valence-electron chi connectivity index (χ4n) is 3.33. The maximum Gasteiger partial charge on any atom is 0.0280 e. The molecule has 3 aliphatic rings. The van der Waals surface area contributed by atoms with Crippen molar-refractivity contribution in [1.29, 1.82) is 0 Å². The molecule has 1 aliphatic heterocycles. The van der Waals surface area contributed by atoms with Gasteiger partial charge in [-0.3, -0.25) is 4.90 Å². The van der Waals surface area contributed by atoms with E-state index in [0.717, 1.165) is 12.6 Å². The molecule has 3 N–H and O–H groups in total. The molecule has 16 heavy (non-hydrogen) atoms. The number of nitrogens with zero attached hydrogens (tertiary/aromatic N) is 1. The number of nitrogens with two attached hydrogens (primary N) is 1. The van der Waals surface area contributed by atoms with Crippen LogP contribution in [0.4, 0.5) is 0 Å². The van der Waals surface area contributed by atoms with Crippen LogP contribution in [-0.4, -0.2) is 42.2 Å². The van der Waals surface area contributed by atoms with E-state index in [1.54, 1.807) is 0 Å². The zero-order chi connectivity index (χ0) is 11.0. The first-order valence-electron chi connectivity index (χ1n) is 7.02. The lowest BCUT2D eigenvalue weighted by Crippen LogP contribution is -2.49. The van der Waals surface area contributed by atoms with Crippen LogP contribution in [0.15, 0.2) is 0 Å². The van der Waals surface area contributed by atoms with Crippen molar-refractivity contribution in [1.82, 2.24) is 10.2 Å². The second-order valence-electron chi connectivity index (χ2n) is 6.16. The molecule has 2 saturated carbocycles. The predicted molar refractivity (Wildman–Crippen MR) is 66.4 cm³/mol. The quantitative estimate of drug-likeness (QED) is 0.749. The van der Waals surface area contributed by atoms with E-state index >= 15 is 0 Å². The van der Waals surface area contributed by atoms with Crippen LogP contribution in [0.25, 0.3) is 0 Å². The van der Waals surface area contributed by atoms with Crippen molar-refractivity contribution in [2.45, 2.75) is 62.6 Å². The van der Waals surface area contributed by atoms with E-state index in [9.17, 15) is 0 Å². The van der Waals surface area contributed by atoms with Gasteiger partial charge in [-0.1, -0.05) is 12.8 Å². The third kappa shape index (κ3) is 2.41. The summed E-state index contributed by atoms with van der Waals surface area (Å²) in [6.07, 6.45) is 9.31. The highest BCUT2D eigenvalue weighted by Crippen LogP contribution is 2.30. The molecule has 3 nitrogen and oxygen atoms in total. The lowest BCUT2D eigenvalue weighted by molar-refractivity contribution is 0.309. The first-order valence-corrected chi connectivity index (χ1v) is 7.02. The van der Waals surface area contributed by atoms with Gasteiger partial charge in [0.25, 0.3) is 0 Å². The van der Waals surface area contributed by atoms with Crippen LogP contribution in [0.2, 0.25) is 0 Å².